The van der Waals surface area contributed by atoms with Crippen molar-refractivity contribution >= 4 is 61.1 Å². The molecule has 0 aliphatic rings. The predicted molar refractivity (Wildman–Crippen MR) is 103 cm³/mol. The summed E-state index contributed by atoms with van der Waals surface area (Å²) in [6, 6.07) is 11.4. The number of nitrogens with one attached hydrogen (secondary N) is 1. The largest absolute Gasteiger partial charge is 0.307 e. The number of fused-ring (bicyclic) bond motifs is 1. The highest BCUT2D eigenvalue weighted by Crippen LogP contribution is 2.23. The van der Waals surface area contributed by atoms with Crippen molar-refractivity contribution in [1.82, 2.24) is 9.13 Å². The SMILES string of the molecule is Br.C=CCn1c(=N)n(CC(=O)c2ccc(Br)s2)c2ccccc21. The number of Topliss-reactive ketones (excluding diaryl/α,β-unsaturated/α-hetero) is 1. The Labute approximate surface area is 156 Å². The lowest BCUT2D eigenvalue weighted by Crippen LogP contribution is -2.26. The fourth-order valence-corrected chi connectivity index (χ4v) is 3.77. The van der Waals surface area contributed by atoms with Crippen molar-refractivity contribution in [1.29, 1.82) is 5.41 Å². The van der Waals surface area contributed by atoms with Crippen molar-refractivity contribution in [2.45, 2.75) is 13.1 Å². The van der Waals surface area contributed by atoms with Crippen molar-refractivity contribution in [3.8, 4) is 0 Å². The lowest BCUT2D eigenvalue weighted by molar-refractivity contribution is 0.0975. The topological polar surface area (TPSA) is 50.8 Å². The van der Waals surface area contributed by atoms with Gasteiger partial charge < -0.3 is 9.13 Å². The summed E-state index contributed by atoms with van der Waals surface area (Å²) >= 11 is 4.79. The highest BCUT2D eigenvalue weighted by atomic mass is 79.9. The second-order valence-corrected chi connectivity index (χ2v) is 7.29. The van der Waals surface area contributed by atoms with Gasteiger partial charge in [-0.15, -0.1) is 34.9 Å². The smallest absolute Gasteiger partial charge is 0.203 e. The van der Waals surface area contributed by atoms with Crippen molar-refractivity contribution in [3.05, 3.63) is 63.3 Å². The van der Waals surface area contributed by atoms with Gasteiger partial charge in [-0.25, -0.2) is 0 Å². The number of allylic oxidation sites excluding steroid dienone is 1. The minimum absolute atomic E-state index is 0. The average Bonchev–Trinajstić information content (AvgIpc) is 3.05. The molecule has 1 N–H and O–H groups in total. The number of hydrogen-bond donors (Lipinski definition) is 1. The molecular weight excluding hydrogens is 442 g/mol. The third kappa shape index (κ3) is 3.41. The lowest BCUT2D eigenvalue weighted by atomic mass is 10.3. The number of nitrogens with zero attached hydrogens (tertiary/aromatic N) is 2. The molecule has 0 fully saturated rings. The molecule has 0 unspecified atom stereocenters. The molecule has 2 aromatic heterocycles. The van der Waals surface area contributed by atoms with Crippen LogP contribution in [0.25, 0.3) is 11.0 Å². The monoisotopic (exact) mass is 455 g/mol. The fourth-order valence-electron chi connectivity index (χ4n) is 2.45. The molecule has 0 saturated carbocycles. The summed E-state index contributed by atoms with van der Waals surface area (Å²) in [5, 5.41) is 8.36. The lowest BCUT2D eigenvalue weighted by Gasteiger charge is -2.02. The number of carbonyl (C=O) groups is 1. The van der Waals surface area contributed by atoms with Crippen LogP contribution in [0.15, 0.2) is 52.8 Å². The Kier molecular flexibility index (Phi) is 5.78. The van der Waals surface area contributed by atoms with E-state index in [0.717, 1.165) is 14.8 Å². The number of halogens is 2. The van der Waals surface area contributed by atoms with Crippen LogP contribution in [0.2, 0.25) is 0 Å². The summed E-state index contributed by atoms with van der Waals surface area (Å²) in [4.78, 5) is 13.1. The summed E-state index contributed by atoms with van der Waals surface area (Å²) in [7, 11) is 0. The van der Waals surface area contributed by atoms with Gasteiger partial charge >= 0.3 is 0 Å². The molecule has 2 heterocycles. The first-order valence-electron chi connectivity index (χ1n) is 6.74. The highest BCUT2D eigenvalue weighted by Gasteiger charge is 2.15. The molecule has 120 valence electrons. The van der Waals surface area contributed by atoms with Gasteiger partial charge in [-0.05, 0) is 40.2 Å². The van der Waals surface area contributed by atoms with Crippen LogP contribution in [0.5, 0.6) is 0 Å². The summed E-state index contributed by atoms with van der Waals surface area (Å²) in [6.07, 6.45) is 1.76. The zero-order chi connectivity index (χ0) is 15.7. The molecule has 0 bridgehead atoms. The number of ketones is 1. The number of carbonyl (C=O) groups excluding carboxylic acids is 1. The van der Waals surface area contributed by atoms with Crippen LogP contribution in [0.1, 0.15) is 9.67 Å². The number of rotatable bonds is 5. The quantitative estimate of drug-likeness (QED) is 0.449. The number of hydrogen-bond acceptors (Lipinski definition) is 3. The normalized spacial score (nSPS) is 10.5. The van der Waals surface area contributed by atoms with Gasteiger partial charge in [0.1, 0.15) is 0 Å². The molecule has 3 aromatic rings. The van der Waals surface area contributed by atoms with Gasteiger partial charge in [0.15, 0.2) is 5.78 Å². The molecular formula is C16H15Br2N3OS. The summed E-state index contributed by atoms with van der Waals surface area (Å²) in [6.45, 7) is 4.45. The molecule has 0 aliphatic heterocycles. The Morgan fingerprint density at radius 1 is 1.22 bits per heavy atom. The molecule has 4 nitrogen and oxygen atoms in total. The first-order valence-corrected chi connectivity index (χ1v) is 8.35. The van der Waals surface area contributed by atoms with Gasteiger partial charge in [-0.1, -0.05) is 18.2 Å². The van der Waals surface area contributed by atoms with E-state index >= 15 is 0 Å². The minimum atomic E-state index is 0. The maximum Gasteiger partial charge on any atom is 0.203 e. The molecule has 0 saturated heterocycles. The fraction of sp³-hybridized carbons (Fsp3) is 0.125. The van der Waals surface area contributed by atoms with Crippen LogP contribution in [-0.4, -0.2) is 14.9 Å². The van der Waals surface area contributed by atoms with Crippen LogP contribution in [0.4, 0.5) is 0 Å². The molecule has 7 heteroatoms. The van der Waals surface area contributed by atoms with E-state index in [-0.39, 0.29) is 29.3 Å². The van der Waals surface area contributed by atoms with Crippen molar-refractivity contribution in [2.24, 2.45) is 0 Å². The molecule has 0 aliphatic carbocycles. The van der Waals surface area contributed by atoms with E-state index in [1.54, 1.807) is 10.6 Å². The second-order valence-electron chi connectivity index (χ2n) is 4.82. The molecule has 0 amide bonds. The van der Waals surface area contributed by atoms with Crippen molar-refractivity contribution < 1.29 is 4.79 Å². The van der Waals surface area contributed by atoms with Gasteiger partial charge in [0.05, 0.1) is 26.2 Å². The predicted octanol–water partition coefficient (Wildman–Crippen LogP) is 4.39. The first-order chi connectivity index (χ1) is 10.6. The maximum absolute atomic E-state index is 12.4. The third-order valence-electron chi connectivity index (χ3n) is 3.44. The van der Waals surface area contributed by atoms with E-state index in [4.69, 9.17) is 5.41 Å². The van der Waals surface area contributed by atoms with Crippen LogP contribution < -0.4 is 5.62 Å². The summed E-state index contributed by atoms with van der Waals surface area (Å²) < 4.78 is 4.52. The Balaban J connectivity index is 0.00000192. The Bertz CT molecular complexity index is 923. The van der Waals surface area contributed by atoms with Crippen LogP contribution >= 0.6 is 44.2 Å². The van der Waals surface area contributed by atoms with E-state index in [2.05, 4.69) is 22.5 Å². The van der Waals surface area contributed by atoms with Crippen LogP contribution in [0.3, 0.4) is 0 Å². The van der Waals surface area contributed by atoms with Crippen molar-refractivity contribution in [2.75, 3.05) is 0 Å². The minimum Gasteiger partial charge on any atom is -0.307 e. The third-order valence-corrected chi connectivity index (χ3v) is 5.10. The van der Waals surface area contributed by atoms with E-state index in [0.29, 0.717) is 17.0 Å². The highest BCUT2D eigenvalue weighted by molar-refractivity contribution is 9.11. The van der Waals surface area contributed by atoms with E-state index in [9.17, 15) is 4.79 Å². The zero-order valence-electron chi connectivity index (χ0n) is 12.2. The Morgan fingerprint density at radius 2 is 1.87 bits per heavy atom. The van der Waals surface area contributed by atoms with Crippen molar-refractivity contribution in [3.63, 3.8) is 0 Å². The molecule has 0 atom stereocenters. The molecule has 23 heavy (non-hydrogen) atoms. The van der Waals surface area contributed by atoms with Crippen LogP contribution in [-0.2, 0) is 13.1 Å². The first kappa shape index (κ1) is 17.9. The Hall–Kier alpha value is -1.44. The number of imidazole rings is 1. The average molecular weight is 457 g/mol. The molecule has 3 rings (SSSR count). The van der Waals surface area contributed by atoms with E-state index < -0.39 is 0 Å². The maximum atomic E-state index is 12.4. The van der Waals surface area contributed by atoms with Gasteiger partial charge in [0.2, 0.25) is 5.62 Å². The van der Waals surface area contributed by atoms with Crippen LogP contribution in [0, 0.1) is 5.41 Å². The molecule has 0 spiro atoms. The number of para-hydroxylation sites is 2. The van der Waals surface area contributed by atoms with Gasteiger partial charge in [-0.3, -0.25) is 10.2 Å². The summed E-state index contributed by atoms with van der Waals surface area (Å²) in [5.74, 6) is 0.00991. The number of aromatic nitrogens is 2. The van der Waals surface area contributed by atoms with E-state index in [1.807, 2.05) is 41.0 Å². The zero-order valence-corrected chi connectivity index (χ0v) is 16.3. The van der Waals surface area contributed by atoms with E-state index in [1.165, 1.54) is 11.3 Å². The summed E-state index contributed by atoms with van der Waals surface area (Å²) in [5.41, 5.74) is 2.14. The Morgan fingerprint density at radius 3 is 2.43 bits per heavy atom. The van der Waals surface area contributed by atoms with Gasteiger partial charge in [0.25, 0.3) is 0 Å². The van der Waals surface area contributed by atoms with Gasteiger partial charge in [0, 0.05) is 6.54 Å². The number of benzene rings is 1. The number of thiophene rings is 1. The van der Waals surface area contributed by atoms with Gasteiger partial charge in [-0.2, -0.15) is 0 Å². The second kappa shape index (κ2) is 7.42. The standard InChI is InChI=1S/C16H14BrN3OS.BrH/c1-2-9-19-11-5-3-4-6-12(11)20(16(19)18)10-13(21)14-7-8-15(17)22-14;/h2-8,18H,1,9-10H2;1H. The molecule has 1 aromatic carbocycles. The molecule has 0 radical (unpaired) electrons.